The monoisotopic (exact) mass is 346 g/mol. The molecule has 2 rings (SSSR count). The summed E-state index contributed by atoms with van der Waals surface area (Å²) >= 11 is 3.53. The van der Waals surface area contributed by atoms with Crippen LogP contribution in [0.1, 0.15) is 17.5 Å². The number of anilines is 1. The highest BCUT2D eigenvalue weighted by Gasteiger charge is 2.00. The van der Waals surface area contributed by atoms with E-state index in [4.69, 9.17) is 0 Å². The van der Waals surface area contributed by atoms with Gasteiger partial charge in [-0.1, -0.05) is 46.3 Å². The average molecular weight is 347 g/mol. The zero-order chi connectivity index (χ0) is 15.1. The van der Waals surface area contributed by atoms with Crippen molar-refractivity contribution in [3.05, 3.63) is 64.1 Å². The van der Waals surface area contributed by atoms with E-state index >= 15 is 0 Å². The molecule has 0 aliphatic heterocycles. The average Bonchev–Trinajstić information content (AvgIpc) is 2.51. The smallest absolute Gasteiger partial charge is 0.0363 e. The van der Waals surface area contributed by atoms with E-state index in [1.54, 1.807) is 0 Å². The van der Waals surface area contributed by atoms with E-state index in [1.165, 1.54) is 21.3 Å². The first-order valence-electron chi connectivity index (χ1n) is 7.39. The minimum absolute atomic E-state index is 0.934. The molecule has 0 spiro atoms. The highest BCUT2D eigenvalue weighted by Crippen LogP contribution is 2.17. The number of nitrogens with one attached hydrogen (secondary N) is 1. The lowest BCUT2D eigenvalue weighted by Gasteiger charge is -2.19. The molecule has 2 aromatic carbocycles. The van der Waals surface area contributed by atoms with Crippen LogP contribution in [0.4, 0.5) is 5.69 Å². The summed E-state index contributed by atoms with van der Waals surface area (Å²) in [6.07, 6.45) is 1.14. The number of hydrogen-bond acceptors (Lipinski definition) is 2. The van der Waals surface area contributed by atoms with E-state index in [9.17, 15) is 0 Å². The number of halogens is 1. The molecule has 3 heteroatoms. The van der Waals surface area contributed by atoms with Gasteiger partial charge in [0.2, 0.25) is 0 Å². The van der Waals surface area contributed by atoms with Gasteiger partial charge in [-0.2, -0.15) is 0 Å². The summed E-state index contributed by atoms with van der Waals surface area (Å²) in [6.45, 7) is 5.16. The summed E-state index contributed by atoms with van der Waals surface area (Å²) in [6, 6.07) is 17.0. The van der Waals surface area contributed by atoms with E-state index < -0.39 is 0 Å². The second kappa shape index (κ2) is 8.20. The lowest BCUT2D eigenvalue weighted by atomic mass is 10.1. The predicted molar refractivity (Wildman–Crippen MR) is 94.9 cm³/mol. The van der Waals surface area contributed by atoms with Crippen LogP contribution in [-0.2, 0) is 6.54 Å². The van der Waals surface area contributed by atoms with E-state index in [0.717, 1.165) is 26.1 Å². The second-order valence-corrected chi connectivity index (χ2v) is 6.23. The Balaban J connectivity index is 1.67. The first-order valence-corrected chi connectivity index (χ1v) is 8.18. The zero-order valence-electron chi connectivity index (χ0n) is 12.8. The first kappa shape index (κ1) is 16.1. The molecule has 0 unspecified atom stereocenters. The van der Waals surface area contributed by atoms with Gasteiger partial charge in [-0.25, -0.2) is 0 Å². The number of hydrogen-bond donors (Lipinski definition) is 1. The molecule has 0 heterocycles. The van der Waals surface area contributed by atoms with Gasteiger partial charge in [-0.15, -0.1) is 0 Å². The lowest BCUT2D eigenvalue weighted by Crippen LogP contribution is -2.23. The van der Waals surface area contributed by atoms with Crippen molar-refractivity contribution in [1.29, 1.82) is 0 Å². The van der Waals surface area contributed by atoms with Crippen molar-refractivity contribution in [2.45, 2.75) is 19.9 Å². The SMILES string of the molecule is Cc1cc(CNCCCN(C)c2ccccc2)ccc1Br. The minimum Gasteiger partial charge on any atom is -0.375 e. The topological polar surface area (TPSA) is 15.3 Å². The molecule has 0 saturated heterocycles. The van der Waals surface area contributed by atoms with Gasteiger partial charge < -0.3 is 10.2 Å². The zero-order valence-corrected chi connectivity index (χ0v) is 14.4. The Hall–Kier alpha value is -1.32. The number of nitrogens with zero attached hydrogens (tertiary/aromatic N) is 1. The Labute approximate surface area is 136 Å². The summed E-state index contributed by atoms with van der Waals surface area (Å²) < 4.78 is 1.18. The Bertz CT molecular complexity index is 554. The highest BCUT2D eigenvalue weighted by atomic mass is 79.9. The third-order valence-corrected chi connectivity index (χ3v) is 4.49. The summed E-state index contributed by atoms with van der Waals surface area (Å²) in [5.41, 5.74) is 3.91. The predicted octanol–water partition coefficient (Wildman–Crippen LogP) is 4.37. The molecule has 0 aliphatic rings. The van der Waals surface area contributed by atoms with Crippen LogP contribution in [0.15, 0.2) is 53.0 Å². The van der Waals surface area contributed by atoms with Gasteiger partial charge in [0.15, 0.2) is 0 Å². The molecule has 0 aromatic heterocycles. The van der Waals surface area contributed by atoms with Gasteiger partial charge in [0.1, 0.15) is 0 Å². The van der Waals surface area contributed by atoms with Gasteiger partial charge in [0.25, 0.3) is 0 Å². The molecule has 0 atom stereocenters. The maximum atomic E-state index is 3.53. The van der Waals surface area contributed by atoms with E-state index in [-0.39, 0.29) is 0 Å². The van der Waals surface area contributed by atoms with Crippen LogP contribution < -0.4 is 10.2 Å². The molecular formula is C18H23BrN2. The molecule has 112 valence electrons. The van der Waals surface area contributed by atoms with Crippen LogP contribution in [0.2, 0.25) is 0 Å². The first-order chi connectivity index (χ1) is 10.2. The van der Waals surface area contributed by atoms with Crippen LogP contribution in [0.5, 0.6) is 0 Å². The number of benzene rings is 2. The van der Waals surface area contributed by atoms with Crippen LogP contribution in [0.25, 0.3) is 0 Å². The minimum atomic E-state index is 0.934. The van der Waals surface area contributed by atoms with E-state index in [1.807, 2.05) is 0 Å². The third kappa shape index (κ3) is 5.18. The fraction of sp³-hybridized carbons (Fsp3) is 0.333. The molecule has 2 aromatic rings. The summed E-state index contributed by atoms with van der Waals surface area (Å²) in [5, 5.41) is 3.51. The fourth-order valence-electron chi connectivity index (χ4n) is 2.30. The van der Waals surface area contributed by atoms with Gasteiger partial charge in [-0.05, 0) is 49.2 Å². The van der Waals surface area contributed by atoms with Crippen molar-refractivity contribution in [3.8, 4) is 0 Å². The number of aryl methyl sites for hydroxylation is 1. The van der Waals surface area contributed by atoms with E-state index in [0.29, 0.717) is 0 Å². The third-order valence-electron chi connectivity index (χ3n) is 3.60. The molecule has 0 amide bonds. The van der Waals surface area contributed by atoms with Crippen molar-refractivity contribution in [1.82, 2.24) is 5.32 Å². The van der Waals surface area contributed by atoms with Crippen LogP contribution in [0, 0.1) is 6.92 Å². The molecule has 0 radical (unpaired) electrons. The number of para-hydroxylation sites is 1. The summed E-state index contributed by atoms with van der Waals surface area (Å²) in [7, 11) is 2.15. The van der Waals surface area contributed by atoms with Gasteiger partial charge in [0, 0.05) is 30.3 Å². The van der Waals surface area contributed by atoms with Crippen molar-refractivity contribution in [2.24, 2.45) is 0 Å². The van der Waals surface area contributed by atoms with Crippen molar-refractivity contribution >= 4 is 21.6 Å². The van der Waals surface area contributed by atoms with Gasteiger partial charge in [-0.3, -0.25) is 0 Å². The van der Waals surface area contributed by atoms with Crippen molar-refractivity contribution in [3.63, 3.8) is 0 Å². The maximum Gasteiger partial charge on any atom is 0.0363 e. The molecule has 0 fully saturated rings. The number of rotatable bonds is 7. The molecule has 1 N–H and O–H groups in total. The second-order valence-electron chi connectivity index (χ2n) is 5.37. The van der Waals surface area contributed by atoms with Gasteiger partial charge in [0.05, 0.1) is 0 Å². The molecule has 0 bridgehead atoms. The fourth-order valence-corrected chi connectivity index (χ4v) is 2.55. The maximum absolute atomic E-state index is 3.53. The highest BCUT2D eigenvalue weighted by molar-refractivity contribution is 9.10. The van der Waals surface area contributed by atoms with Gasteiger partial charge >= 0.3 is 0 Å². The quantitative estimate of drug-likeness (QED) is 0.748. The molecule has 2 nitrogen and oxygen atoms in total. The molecule has 0 saturated carbocycles. The van der Waals surface area contributed by atoms with Crippen LogP contribution in [-0.4, -0.2) is 20.1 Å². The Morgan fingerprint density at radius 2 is 1.86 bits per heavy atom. The van der Waals surface area contributed by atoms with Crippen LogP contribution in [0.3, 0.4) is 0 Å². The normalized spacial score (nSPS) is 10.6. The Morgan fingerprint density at radius 3 is 2.57 bits per heavy atom. The Kier molecular flexibility index (Phi) is 6.27. The summed E-state index contributed by atoms with van der Waals surface area (Å²) in [5.74, 6) is 0. The lowest BCUT2D eigenvalue weighted by molar-refractivity contribution is 0.645. The van der Waals surface area contributed by atoms with Crippen molar-refractivity contribution in [2.75, 3.05) is 25.0 Å². The Morgan fingerprint density at radius 1 is 1.10 bits per heavy atom. The largest absolute Gasteiger partial charge is 0.375 e. The van der Waals surface area contributed by atoms with E-state index in [2.05, 4.69) is 88.6 Å². The van der Waals surface area contributed by atoms with Crippen molar-refractivity contribution < 1.29 is 0 Å². The summed E-state index contributed by atoms with van der Waals surface area (Å²) in [4.78, 5) is 2.30. The molecule has 21 heavy (non-hydrogen) atoms. The molecule has 0 aliphatic carbocycles. The molecular weight excluding hydrogens is 324 g/mol. The van der Waals surface area contributed by atoms with Crippen LogP contribution >= 0.6 is 15.9 Å². The standard InChI is InChI=1S/C18H23BrN2/c1-15-13-16(9-10-18(15)19)14-20-11-6-12-21(2)17-7-4-3-5-8-17/h3-5,7-10,13,20H,6,11-12,14H2,1-2H3.